The summed E-state index contributed by atoms with van der Waals surface area (Å²) in [5.41, 5.74) is 1.82. The highest BCUT2D eigenvalue weighted by molar-refractivity contribution is 5.99. The molecule has 1 unspecified atom stereocenters. The first kappa shape index (κ1) is 9.97. The lowest BCUT2D eigenvalue weighted by Gasteiger charge is -2.24. The predicted molar refractivity (Wildman–Crippen MR) is 59.2 cm³/mol. The molecule has 0 bridgehead atoms. The number of fused-ring (bicyclic) bond motifs is 1. The van der Waals surface area contributed by atoms with Gasteiger partial charge in [0.05, 0.1) is 12.7 Å². The molecule has 0 amide bonds. The molecule has 2 aliphatic carbocycles. The van der Waals surface area contributed by atoms with E-state index in [1.807, 2.05) is 18.2 Å². The normalized spacial score (nSPS) is 23.6. The SMILES string of the molecule is COC1=C(C(C)=O)C2=CC=CCC2C=C1. The second-order valence-corrected chi connectivity index (χ2v) is 3.75. The maximum atomic E-state index is 11.6. The molecule has 2 heteroatoms. The van der Waals surface area contributed by atoms with Gasteiger partial charge in [-0.25, -0.2) is 0 Å². The Morgan fingerprint density at radius 1 is 1.53 bits per heavy atom. The molecule has 0 aliphatic heterocycles. The Balaban J connectivity index is 2.51. The van der Waals surface area contributed by atoms with Gasteiger partial charge in [0.25, 0.3) is 0 Å². The molecule has 0 fully saturated rings. The smallest absolute Gasteiger partial charge is 0.163 e. The Morgan fingerprint density at radius 2 is 2.33 bits per heavy atom. The molecule has 0 aromatic carbocycles. The molecule has 0 aromatic rings. The van der Waals surface area contributed by atoms with E-state index < -0.39 is 0 Å². The van der Waals surface area contributed by atoms with Crippen LogP contribution in [0.3, 0.4) is 0 Å². The van der Waals surface area contributed by atoms with Crippen molar-refractivity contribution in [2.75, 3.05) is 7.11 Å². The minimum Gasteiger partial charge on any atom is -0.496 e. The molecule has 0 spiro atoms. The first-order valence-corrected chi connectivity index (χ1v) is 5.08. The molecule has 0 saturated carbocycles. The molecule has 1 atom stereocenters. The molecule has 2 aliphatic rings. The van der Waals surface area contributed by atoms with Crippen LogP contribution < -0.4 is 0 Å². The average Bonchev–Trinajstić information content (AvgIpc) is 2.27. The van der Waals surface area contributed by atoms with Crippen molar-refractivity contribution in [1.82, 2.24) is 0 Å². The summed E-state index contributed by atoms with van der Waals surface area (Å²) in [5, 5.41) is 0. The third kappa shape index (κ3) is 1.67. The monoisotopic (exact) mass is 202 g/mol. The van der Waals surface area contributed by atoms with E-state index >= 15 is 0 Å². The number of hydrogen-bond donors (Lipinski definition) is 0. The maximum Gasteiger partial charge on any atom is 0.163 e. The average molecular weight is 202 g/mol. The van der Waals surface area contributed by atoms with Gasteiger partial charge in [-0.05, 0) is 25.0 Å². The summed E-state index contributed by atoms with van der Waals surface area (Å²) >= 11 is 0. The summed E-state index contributed by atoms with van der Waals surface area (Å²) < 4.78 is 5.22. The quantitative estimate of drug-likeness (QED) is 0.687. The predicted octanol–water partition coefficient (Wildman–Crippen LogP) is 2.55. The molecule has 2 rings (SSSR count). The van der Waals surface area contributed by atoms with E-state index in [0.717, 1.165) is 17.6 Å². The van der Waals surface area contributed by atoms with Crippen LogP contribution >= 0.6 is 0 Å². The van der Waals surface area contributed by atoms with Crippen LogP contribution in [0, 0.1) is 5.92 Å². The van der Waals surface area contributed by atoms with Crippen molar-refractivity contribution in [2.45, 2.75) is 13.3 Å². The Morgan fingerprint density at radius 3 is 3.00 bits per heavy atom. The van der Waals surface area contributed by atoms with Crippen LogP contribution in [0.15, 0.2) is 47.3 Å². The van der Waals surface area contributed by atoms with Crippen LogP contribution in [-0.2, 0) is 9.53 Å². The van der Waals surface area contributed by atoms with Gasteiger partial charge in [0.15, 0.2) is 5.78 Å². The van der Waals surface area contributed by atoms with Gasteiger partial charge in [-0.3, -0.25) is 4.79 Å². The Bertz CT molecular complexity index is 408. The number of carbonyl (C=O) groups is 1. The maximum absolute atomic E-state index is 11.6. The first-order valence-electron chi connectivity index (χ1n) is 5.08. The molecule has 0 N–H and O–H groups in total. The van der Waals surface area contributed by atoms with Crippen molar-refractivity contribution < 1.29 is 9.53 Å². The number of allylic oxidation sites excluding steroid dienone is 7. The number of ketones is 1. The molecule has 0 aromatic heterocycles. The molecular formula is C13H14O2. The number of Topliss-reactive ketones (excluding diaryl/α,β-unsaturated/α-hetero) is 1. The fraction of sp³-hybridized carbons (Fsp3) is 0.308. The number of methoxy groups -OCH3 is 1. The van der Waals surface area contributed by atoms with Gasteiger partial charge in [-0.15, -0.1) is 0 Å². The van der Waals surface area contributed by atoms with Crippen molar-refractivity contribution in [3.05, 3.63) is 47.3 Å². The summed E-state index contributed by atoms with van der Waals surface area (Å²) in [5.74, 6) is 1.09. The molecular weight excluding hydrogens is 188 g/mol. The number of hydrogen-bond acceptors (Lipinski definition) is 2. The molecule has 78 valence electrons. The van der Waals surface area contributed by atoms with Crippen LogP contribution in [0.4, 0.5) is 0 Å². The Kier molecular flexibility index (Phi) is 2.58. The highest BCUT2D eigenvalue weighted by Crippen LogP contribution is 2.34. The second kappa shape index (κ2) is 3.89. The summed E-state index contributed by atoms with van der Waals surface area (Å²) in [4.78, 5) is 11.6. The van der Waals surface area contributed by atoms with Gasteiger partial charge in [-0.1, -0.05) is 24.3 Å². The molecule has 0 radical (unpaired) electrons. The van der Waals surface area contributed by atoms with Gasteiger partial charge in [0.2, 0.25) is 0 Å². The Labute approximate surface area is 89.6 Å². The first-order chi connectivity index (χ1) is 7.24. The Hall–Kier alpha value is -1.57. The zero-order valence-corrected chi connectivity index (χ0v) is 8.99. The van der Waals surface area contributed by atoms with Gasteiger partial charge >= 0.3 is 0 Å². The third-order valence-electron chi connectivity index (χ3n) is 2.79. The van der Waals surface area contributed by atoms with Crippen molar-refractivity contribution in [1.29, 1.82) is 0 Å². The van der Waals surface area contributed by atoms with Crippen molar-refractivity contribution in [2.24, 2.45) is 5.92 Å². The van der Waals surface area contributed by atoms with E-state index in [1.165, 1.54) is 0 Å². The van der Waals surface area contributed by atoms with Crippen molar-refractivity contribution in [3.8, 4) is 0 Å². The lowest BCUT2D eigenvalue weighted by molar-refractivity contribution is -0.113. The van der Waals surface area contributed by atoms with Crippen LogP contribution in [0.25, 0.3) is 0 Å². The van der Waals surface area contributed by atoms with Crippen LogP contribution in [-0.4, -0.2) is 12.9 Å². The van der Waals surface area contributed by atoms with E-state index in [1.54, 1.807) is 14.0 Å². The third-order valence-corrected chi connectivity index (χ3v) is 2.79. The largest absolute Gasteiger partial charge is 0.496 e. The highest BCUT2D eigenvalue weighted by Gasteiger charge is 2.25. The molecule has 0 saturated heterocycles. The molecule has 15 heavy (non-hydrogen) atoms. The van der Waals surface area contributed by atoms with Crippen LogP contribution in [0.5, 0.6) is 0 Å². The summed E-state index contributed by atoms with van der Waals surface area (Å²) in [6.45, 7) is 1.59. The van der Waals surface area contributed by atoms with Crippen molar-refractivity contribution >= 4 is 5.78 Å². The van der Waals surface area contributed by atoms with Gasteiger partial charge in [-0.2, -0.15) is 0 Å². The number of ether oxygens (including phenoxy) is 1. The van der Waals surface area contributed by atoms with E-state index in [-0.39, 0.29) is 5.78 Å². The highest BCUT2D eigenvalue weighted by atomic mass is 16.5. The lowest BCUT2D eigenvalue weighted by Crippen LogP contribution is -2.16. The van der Waals surface area contributed by atoms with Crippen LogP contribution in [0.2, 0.25) is 0 Å². The number of rotatable bonds is 2. The molecule has 2 nitrogen and oxygen atoms in total. The topological polar surface area (TPSA) is 26.3 Å². The van der Waals surface area contributed by atoms with E-state index in [0.29, 0.717) is 11.7 Å². The van der Waals surface area contributed by atoms with E-state index in [4.69, 9.17) is 4.74 Å². The fourth-order valence-electron chi connectivity index (χ4n) is 2.07. The van der Waals surface area contributed by atoms with Crippen LogP contribution in [0.1, 0.15) is 13.3 Å². The van der Waals surface area contributed by atoms with E-state index in [2.05, 4.69) is 12.2 Å². The van der Waals surface area contributed by atoms with Gasteiger partial charge in [0, 0.05) is 5.92 Å². The summed E-state index contributed by atoms with van der Waals surface area (Å²) in [7, 11) is 1.60. The van der Waals surface area contributed by atoms with Gasteiger partial charge in [0.1, 0.15) is 5.76 Å². The van der Waals surface area contributed by atoms with Crippen molar-refractivity contribution in [3.63, 3.8) is 0 Å². The zero-order chi connectivity index (χ0) is 10.8. The van der Waals surface area contributed by atoms with E-state index in [9.17, 15) is 4.79 Å². The minimum atomic E-state index is 0.0720. The second-order valence-electron chi connectivity index (χ2n) is 3.75. The minimum absolute atomic E-state index is 0.0720. The molecule has 0 heterocycles. The number of carbonyl (C=O) groups excluding carboxylic acids is 1. The fourth-order valence-corrected chi connectivity index (χ4v) is 2.07. The standard InChI is InChI=1S/C13H14O2/c1-9(14)13-11-6-4-3-5-10(11)7-8-12(13)15-2/h3-4,6-8,10H,5H2,1-2H3. The summed E-state index contributed by atoms with van der Waals surface area (Å²) in [6, 6.07) is 0. The summed E-state index contributed by atoms with van der Waals surface area (Å²) in [6.07, 6.45) is 11.1. The van der Waals surface area contributed by atoms with Gasteiger partial charge < -0.3 is 4.74 Å². The zero-order valence-electron chi connectivity index (χ0n) is 8.99. The lowest BCUT2D eigenvalue weighted by atomic mass is 9.81.